The first-order chi connectivity index (χ1) is 27.4. The van der Waals surface area contributed by atoms with Crippen LogP contribution >= 0.6 is 11.3 Å². The van der Waals surface area contributed by atoms with Gasteiger partial charge >= 0.3 is 5.63 Å². The molecule has 0 saturated carbocycles. The first-order valence-electron chi connectivity index (χ1n) is 18.4. The number of aromatic nitrogens is 3. The molecular weight excluding hydrogens is 869 g/mol. The van der Waals surface area contributed by atoms with Crippen LogP contribution in [0.3, 0.4) is 0 Å². The maximum Gasteiger partial charge on any atom is 0.346 e. The van der Waals surface area contributed by atoms with Crippen LogP contribution in [0.15, 0.2) is 173 Å². The van der Waals surface area contributed by atoms with E-state index in [0.29, 0.717) is 21.7 Å². The number of benzene rings is 5. The van der Waals surface area contributed by atoms with Crippen LogP contribution in [0, 0.1) is 49.4 Å². The number of nitrogens with zero attached hydrogens (tertiary/aromatic N) is 4. The third kappa shape index (κ3) is 10.1. The molecule has 8 nitrogen and oxygen atoms in total. The van der Waals surface area contributed by atoms with Crippen molar-refractivity contribution in [1.29, 1.82) is 0 Å². The summed E-state index contributed by atoms with van der Waals surface area (Å²) in [6.45, 7) is 6.05. The van der Waals surface area contributed by atoms with Gasteiger partial charge in [-0.3, -0.25) is 9.97 Å². The summed E-state index contributed by atoms with van der Waals surface area (Å²) in [4.78, 5) is 28.0. The van der Waals surface area contributed by atoms with Crippen molar-refractivity contribution in [1.82, 2.24) is 15.0 Å². The van der Waals surface area contributed by atoms with Crippen LogP contribution < -0.4 is 10.5 Å². The zero-order chi connectivity index (χ0) is 38.9. The Labute approximate surface area is 375 Å². The van der Waals surface area contributed by atoms with Gasteiger partial charge in [-0.1, -0.05) is 97.1 Å². The minimum absolute atomic E-state index is 0. The molecule has 5 aromatic carbocycles. The first-order valence-corrected chi connectivity index (χ1v) is 19.2. The summed E-state index contributed by atoms with van der Waals surface area (Å²) in [5.74, 6) is 0.0851. The number of pyridine rings is 2. The SMILES string of the molecule is CCN(CC)c1ccc2cc(-c3nc4ccccc4s3)c(=O)oc2c1.OC(=CC(O)c1ccccc1)c1ccccc1.[Eu].c1cnc2c(c1)ccc1cccnc12. The molecule has 1 unspecified atom stereocenters. The maximum absolute atomic E-state index is 12.5. The number of para-hydroxylation sites is 1. The standard InChI is InChI=1S/C20H18N2O2S.C15H14O2.C12H8N2.Eu/c1-3-22(4-2)14-10-9-13-11-15(20(23)24-17(13)12-14)19-21-16-7-5-6-8-18(16)25-19;16-14(12-7-3-1-4-8-12)11-15(17)13-9-5-2-6-10-13;1-3-9-5-6-10-4-2-8-14-12(10)11(9)13-7-1;/h5-12H,3-4H2,1-2H3;1-11,14,16-17H;1-8H;. The predicted octanol–water partition coefficient (Wildman–Crippen LogP) is 11.0. The molecule has 0 aliphatic heterocycles. The molecule has 4 aromatic heterocycles. The third-order valence-electron chi connectivity index (χ3n) is 9.24. The molecule has 1 atom stereocenters. The van der Waals surface area contributed by atoms with E-state index in [-0.39, 0.29) is 60.8 Å². The predicted molar refractivity (Wildman–Crippen MR) is 230 cm³/mol. The van der Waals surface area contributed by atoms with Crippen molar-refractivity contribution in [2.45, 2.75) is 20.0 Å². The van der Waals surface area contributed by atoms with Gasteiger partial charge in [0, 0.05) is 108 Å². The third-order valence-corrected chi connectivity index (χ3v) is 10.3. The number of anilines is 1. The van der Waals surface area contributed by atoms with Crippen LogP contribution in [0.4, 0.5) is 5.69 Å². The monoisotopic (exact) mass is 909 g/mol. The first kappa shape index (κ1) is 41.5. The number of hydrogen-bond donors (Lipinski definition) is 2. The van der Waals surface area contributed by atoms with Gasteiger partial charge in [0.25, 0.3) is 0 Å². The number of hydrogen-bond acceptors (Lipinski definition) is 9. The maximum atomic E-state index is 12.5. The molecular formula is C47H40EuN4O4S. The van der Waals surface area contributed by atoms with Gasteiger partial charge in [0.2, 0.25) is 0 Å². The van der Waals surface area contributed by atoms with Gasteiger partial charge in [0.15, 0.2) is 0 Å². The molecule has 0 aliphatic carbocycles. The van der Waals surface area contributed by atoms with Gasteiger partial charge in [-0.15, -0.1) is 11.3 Å². The summed E-state index contributed by atoms with van der Waals surface area (Å²) in [5, 5.41) is 23.7. The summed E-state index contributed by atoms with van der Waals surface area (Å²) in [6.07, 6.45) is 4.24. The fourth-order valence-electron chi connectivity index (χ4n) is 6.30. The van der Waals surface area contributed by atoms with Crippen molar-refractivity contribution in [3.63, 3.8) is 0 Å². The zero-order valence-electron chi connectivity index (χ0n) is 31.4. The van der Waals surface area contributed by atoms with Crippen LogP contribution in [0.2, 0.25) is 0 Å². The van der Waals surface area contributed by atoms with Crippen molar-refractivity contribution in [2.75, 3.05) is 18.0 Å². The Morgan fingerprint density at radius 2 is 1.33 bits per heavy atom. The van der Waals surface area contributed by atoms with E-state index in [9.17, 15) is 15.0 Å². The van der Waals surface area contributed by atoms with Crippen molar-refractivity contribution >= 4 is 65.8 Å². The second-order valence-electron chi connectivity index (χ2n) is 12.8. The fourth-order valence-corrected chi connectivity index (χ4v) is 7.27. The summed E-state index contributed by atoms with van der Waals surface area (Å²) in [5.41, 5.74) is 6.16. The van der Waals surface area contributed by atoms with E-state index in [4.69, 9.17) is 4.42 Å². The molecule has 9 aromatic rings. The average molecular weight is 909 g/mol. The summed E-state index contributed by atoms with van der Waals surface area (Å²) in [7, 11) is 0. The molecule has 0 saturated heterocycles. The normalized spacial score (nSPS) is 11.6. The topological polar surface area (TPSA) is 113 Å². The fraction of sp³-hybridized carbons (Fsp3) is 0.106. The Morgan fingerprint density at radius 3 is 1.96 bits per heavy atom. The molecule has 0 aliphatic rings. The van der Waals surface area contributed by atoms with Crippen molar-refractivity contribution in [3.8, 4) is 10.6 Å². The van der Waals surface area contributed by atoms with Crippen LogP contribution in [0.25, 0.3) is 59.3 Å². The number of thiazole rings is 1. The summed E-state index contributed by atoms with van der Waals surface area (Å²) in [6, 6.07) is 46.3. The van der Waals surface area contributed by atoms with Crippen LogP contribution in [-0.4, -0.2) is 38.3 Å². The summed E-state index contributed by atoms with van der Waals surface area (Å²) < 4.78 is 6.67. The van der Waals surface area contributed by atoms with E-state index in [2.05, 4.69) is 64.0 Å². The van der Waals surface area contributed by atoms with E-state index in [1.165, 1.54) is 17.4 Å². The Morgan fingerprint density at radius 1 is 0.737 bits per heavy atom. The molecule has 10 heteroatoms. The summed E-state index contributed by atoms with van der Waals surface area (Å²) >= 11 is 1.51. The largest absolute Gasteiger partial charge is 0.508 e. The quantitative estimate of drug-likeness (QED) is 0.0924. The minimum atomic E-state index is -0.795. The number of aliphatic hydroxyl groups excluding tert-OH is 2. The van der Waals surface area contributed by atoms with Gasteiger partial charge in [0.05, 0.1) is 26.8 Å². The average Bonchev–Trinajstić information content (AvgIpc) is 3.69. The van der Waals surface area contributed by atoms with E-state index >= 15 is 0 Å². The van der Waals surface area contributed by atoms with Crippen LogP contribution in [0.5, 0.6) is 0 Å². The molecule has 9 rings (SSSR count). The van der Waals surface area contributed by atoms with Gasteiger partial charge in [-0.05, 0) is 68.0 Å². The smallest absolute Gasteiger partial charge is 0.346 e. The van der Waals surface area contributed by atoms with E-state index in [1.807, 2.05) is 103 Å². The molecule has 2 N–H and O–H groups in total. The molecule has 1 radical (unpaired) electrons. The second kappa shape index (κ2) is 19.9. The Hall–Kier alpha value is -5.10. The van der Waals surface area contributed by atoms with E-state index in [0.717, 1.165) is 61.7 Å². The van der Waals surface area contributed by atoms with Crippen LogP contribution in [0.1, 0.15) is 31.1 Å². The number of fused-ring (bicyclic) bond motifs is 5. The minimum Gasteiger partial charge on any atom is -0.508 e. The van der Waals surface area contributed by atoms with Gasteiger partial charge in [-0.25, -0.2) is 9.78 Å². The Bertz CT molecular complexity index is 2720. The molecule has 0 amide bonds. The molecule has 0 bridgehead atoms. The van der Waals surface area contributed by atoms with Gasteiger partial charge in [0.1, 0.15) is 22.5 Å². The van der Waals surface area contributed by atoms with Crippen molar-refractivity contribution in [2.24, 2.45) is 0 Å². The van der Waals surface area contributed by atoms with Crippen molar-refractivity contribution in [3.05, 3.63) is 186 Å². The Balaban J connectivity index is 0.000000150. The number of aliphatic hydroxyl groups is 2. The van der Waals surface area contributed by atoms with Crippen molar-refractivity contribution < 1.29 is 64.0 Å². The molecule has 0 spiro atoms. The molecule has 285 valence electrons. The second-order valence-corrected chi connectivity index (χ2v) is 13.8. The van der Waals surface area contributed by atoms with Gasteiger partial charge < -0.3 is 19.5 Å². The molecule has 4 heterocycles. The van der Waals surface area contributed by atoms with E-state index < -0.39 is 6.10 Å². The van der Waals surface area contributed by atoms with Gasteiger partial charge in [-0.2, -0.15) is 0 Å². The Kier molecular flexibility index (Phi) is 14.5. The van der Waals surface area contributed by atoms with Crippen LogP contribution in [-0.2, 0) is 0 Å². The molecule has 0 fully saturated rings. The van der Waals surface area contributed by atoms with E-state index in [1.54, 1.807) is 24.5 Å². The zero-order valence-corrected chi connectivity index (χ0v) is 34.6. The number of rotatable bonds is 7. The molecule has 57 heavy (non-hydrogen) atoms.